The number of aryl methyl sites for hydroxylation is 1. The molecular weight excluding hydrogens is 184 g/mol. The highest BCUT2D eigenvalue weighted by molar-refractivity contribution is 5.27. The second kappa shape index (κ2) is 4.77. The third kappa shape index (κ3) is 2.39. The van der Waals surface area contributed by atoms with Gasteiger partial charge in [0.25, 0.3) is 0 Å². The average molecular weight is 203 g/mol. The Morgan fingerprint density at radius 2 is 2.13 bits per heavy atom. The van der Waals surface area contributed by atoms with Crippen LogP contribution < -0.4 is 5.32 Å². The maximum atomic E-state index is 3.38. The summed E-state index contributed by atoms with van der Waals surface area (Å²) in [4.78, 5) is 2.52. The quantitative estimate of drug-likeness (QED) is 0.788. The van der Waals surface area contributed by atoms with Crippen molar-refractivity contribution in [3.05, 3.63) is 35.4 Å². The highest BCUT2D eigenvalue weighted by Gasteiger charge is 2.18. The van der Waals surface area contributed by atoms with Gasteiger partial charge in [0.15, 0.2) is 0 Å². The zero-order valence-electron chi connectivity index (χ0n) is 9.59. The maximum absolute atomic E-state index is 3.38. The fourth-order valence-electron chi connectivity index (χ4n) is 2.24. The molecule has 2 rings (SSSR count). The molecule has 1 N–H and O–H groups in total. The molecule has 2 nitrogen and oxygen atoms in total. The summed E-state index contributed by atoms with van der Waals surface area (Å²) in [5, 5.41) is 3.38. The van der Waals surface area contributed by atoms with Crippen LogP contribution in [0.3, 0.4) is 0 Å². The molecule has 15 heavy (non-hydrogen) atoms. The number of benzene rings is 1. The number of nitrogens with one attached hydrogen (secondary N) is 1. The van der Waals surface area contributed by atoms with E-state index in [2.05, 4.69) is 42.3 Å². The van der Waals surface area contributed by atoms with Crippen LogP contribution in [0.1, 0.15) is 24.1 Å². The molecule has 2 heteroatoms. The molecule has 1 aromatic rings. The van der Waals surface area contributed by atoms with Crippen molar-refractivity contribution in [3.63, 3.8) is 0 Å². The molecule has 0 bridgehead atoms. The number of hydrogen-bond acceptors (Lipinski definition) is 2. The van der Waals surface area contributed by atoms with Crippen molar-refractivity contribution >= 4 is 0 Å². The topological polar surface area (TPSA) is 15.3 Å². The number of rotatable bonds is 2. The summed E-state index contributed by atoms with van der Waals surface area (Å²) in [5.74, 6) is 0. The second-order valence-electron chi connectivity index (χ2n) is 4.23. The molecule has 0 spiro atoms. The summed E-state index contributed by atoms with van der Waals surface area (Å²) in [6.45, 7) is 8.95. The van der Waals surface area contributed by atoms with Crippen LogP contribution in [0, 0.1) is 13.0 Å². The van der Waals surface area contributed by atoms with Gasteiger partial charge < -0.3 is 5.32 Å². The number of piperazine rings is 1. The van der Waals surface area contributed by atoms with E-state index >= 15 is 0 Å². The molecule has 0 aromatic heterocycles. The van der Waals surface area contributed by atoms with Crippen LogP contribution >= 0.6 is 0 Å². The zero-order valence-corrected chi connectivity index (χ0v) is 9.59. The van der Waals surface area contributed by atoms with E-state index in [4.69, 9.17) is 0 Å². The minimum atomic E-state index is 0.494. The van der Waals surface area contributed by atoms with E-state index < -0.39 is 0 Å². The van der Waals surface area contributed by atoms with E-state index in [9.17, 15) is 0 Å². The lowest BCUT2D eigenvalue weighted by molar-refractivity contribution is 0.185. The Hall–Kier alpha value is -0.860. The standard InChI is InChI=1S/C13H19N2/c1-11-5-3-4-6-13(11)12(2)15-9-7-14-8-10-15/h3-5,12,14H,7-10H2,1-2H3. The van der Waals surface area contributed by atoms with Gasteiger partial charge in [-0.05, 0) is 31.0 Å². The van der Waals surface area contributed by atoms with Gasteiger partial charge in [0.05, 0.1) is 0 Å². The van der Waals surface area contributed by atoms with E-state index in [1.54, 1.807) is 0 Å². The Balaban J connectivity index is 2.12. The summed E-state index contributed by atoms with van der Waals surface area (Å²) in [6, 6.07) is 10.1. The van der Waals surface area contributed by atoms with Crippen molar-refractivity contribution in [2.75, 3.05) is 26.2 Å². The van der Waals surface area contributed by atoms with Crippen LogP contribution in [0.4, 0.5) is 0 Å². The minimum Gasteiger partial charge on any atom is -0.314 e. The lowest BCUT2D eigenvalue weighted by Gasteiger charge is -2.33. The molecule has 0 amide bonds. The molecule has 1 fully saturated rings. The largest absolute Gasteiger partial charge is 0.314 e. The Bertz CT molecular complexity index is 316. The summed E-state index contributed by atoms with van der Waals surface area (Å²) in [6.07, 6.45) is 0. The van der Waals surface area contributed by atoms with E-state index in [1.807, 2.05) is 6.07 Å². The van der Waals surface area contributed by atoms with Crippen LogP contribution in [0.2, 0.25) is 0 Å². The lowest BCUT2D eigenvalue weighted by atomic mass is 10.0. The molecule has 1 atom stereocenters. The van der Waals surface area contributed by atoms with Gasteiger partial charge in [-0.1, -0.05) is 18.2 Å². The first-order chi connectivity index (χ1) is 7.29. The predicted octanol–water partition coefficient (Wildman–Crippen LogP) is 1.76. The molecule has 1 radical (unpaired) electrons. The third-order valence-electron chi connectivity index (χ3n) is 3.22. The second-order valence-corrected chi connectivity index (χ2v) is 4.23. The van der Waals surface area contributed by atoms with Crippen molar-refractivity contribution in [1.82, 2.24) is 10.2 Å². The molecular formula is C13H19N2. The van der Waals surface area contributed by atoms with Crippen molar-refractivity contribution in [2.45, 2.75) is 19.9 Å². The SMILES string of the molecule is Cc1ccc[c]c1C(C)N1CCNCC1. The monoisotopic (exact) mass is 203 g/mol. The predicted molar refractivity (Wildman–Crippen MR) is 62.9 cm³/mol. The summed E-state index contributed by atoms with van der Waals surface area (Å²) in [5.41, 5.74) is 2.70. The molecule has 0 saturated carbocycles. The third-order valence-corrected chi connectivity index (χ3v) is 3.22. The molecule has 0 aliphatic carbocycles. The summed E-state index contributed by atoms with van der Waals surface area (Å²) in [7, 11) is 0. The van der Waals surface area contributed by atoms with E-state index in [1.165, 1.54) is 11.1 Å². The molecule has 1 heterocycles. The van der Waals surface area contributed by atoms with Crippen molar-refractivity contribution in [2.24, 2.45) is 0 Å². The van der Waals surface area contributed by atoms with Gasteiger partial charge in [0.1, 0.15) is 0 Å². The highest BCUT2D eigenvalue weighted by Crippen LogP contribution is 2.22. The average Bonchev–Trinajstić information content (AvgIpc) is 2.30. The first-order valence-corrected chi connectivity index (χ1v) is 5.71. The van der Waals surface area contributed by atoms with Crippen LogP contribution in [0.25, 0.3) is 0 Å². The minimum absolute atomic E-state index is 0.494. The maximum Gasteiger partial charge on any atom is 0.0329 e. The van der Waals surface area contributed by atoms with Crippen molar-refractivity contribution in [3.8, 4) is 0 Å². The van der Waals surface area contributed by atoms with Gasteiger partial charge in [0.2, 0.25) is 0 Å². The zero-order chi connectivity index (χ0) is 10.7. The van der Waals surface area contributed by atoms with Crippen LogP contribution in [0.15, 0.2) is 18.2 Å². The fraction of sp³-hybridized carbons (Fsp3) is 0.538. The van der Waals surface area contributed by atoms with Crippen LogP contribution in [-0.2, 0) is 0 Å². The molecule has 1 aliphatic heterocycles. The molecule has 1 unspecified atom stereocenters. The lowest BCUT2D eigenvalue weighted by Crippen LogP contribution is -2.44. The Morgan fingerprint density at radius 1 is 1.40 bits per heavy atom. The Labute approximate surface area is 92.3 Å². The van der Waals surface area contributed by atoms with Gasteiger partial charge in [0, 0.05) is 32.2 Å². The summed E-state index contributed by atoms with van der Waals surface area (Å²) < 4.78 is 0. The Morgan fingerprint density at radius 3 is 2.80 bits per heavy atom. The van der Waals surface area contributed by atoms with Crippen molar-refractivity contribution < 1.29 is 0 Å². The van der Waals surface area contributed by atoms with Gasteiger partial charge in [-0.3, -0.25) is 4.90 Å². The molecule has 81 valence electrons. The number of hydrogen-bond donors (Lipinski definition) is 1. The first-order valence-electron chi connectivity index (χ1n) is 5.71. The molecule has 1 aromatic carbocycles. The first kappa shape index (κ1) is 10.7. The number of nitrogens with zero attached hydrogens (tertiary/aromatic N) is 1. The van der Waals surface area contributed by atoms with Gasteiger partial charge in [-0.25, -0.2) is 0 Å². The summed E-state index contributed by atoms with van der Waals surface area (Å²) >= 11 is 0. The smallest absolute Gasteiger partial charge is 0.0329 e. The van der Waals surface area contributed by atoms with Gasteiger partial charge in [-0.2, -0.15) is 0 Å². The fourth-order valence-corrected chi connectivity index (χ4v) is 2.24. The van der Waals surface area contributed by atoms with E-state index in [-0.39, 0.29) is 0 Å². The molecule has 1 saturated heterocycles. The van der Waals surface area contributed by atoms with Gasteiger partial charge in [-0.15, -0.1) is 0 Å². The highest BCUT2D eigenvalue weighted by atomic mass is 15.2. The van der Waals surface area contributed by atoms with Crippen molar-refractivity contribution in [1.29, 1.82) is 0 Å². The Kier molecular flexibility index (Phi) is 3.39. The van der Waals surface area contributed by atoms with Crippen LogP contribution in [-0.4, -0.2) is 31.1 Å². The van der Waals surface area contributed by atoms with Gasteiger partial charge >= 0.3 is 0 Å². The molecule has 1 aliphatic rings. The van der Waals surface area contributed by atoms with E-state index in [0.717, 1.165) is 26.2 Å². The van der Waals surface area contributed by atoms with E-state index in [0.29, 0.717) is 6.04 Å². The normalized spacial score (nSPS) is 20.1. The van der Waals surface area contributed by atoms with Crippen LogP contribution in [0.5, 0.6) is 0 Å².